The number of carbonyl (C=O) groups is 1. The van der Waals surface area contributed by atoms with Crippen LogP contribution < -0.4 is 0 Å². The predicted octanol–water partition coefficient (Wildman–Crippen LogP) is 2.40. The van der Waals surface area contributed by atoms with Crippen molar-refractivity contribution in [1.29, 1.82) is 0 Å². The van der Waals surface area contributed by atoms with Crippen LogP contribution in [-0.4, -0.2) is 36.9 Å². The molecule has 106 valence electrons. The van der Waals surface area contributed by atoms with Gasteiger partial charge in [0.05, 0.1) is 4.90 Å². The maximum Gasteiger partial charge on any atom is 0.345 e. The molecule has 5 nitrogen and oxygen atoms in total. The van der Waals surface area contributed by atoms with Gasteiger partial charge in [-0.2, -0.15) is 4.31 Å². The fourth-order valence-electron chi connectivity index (χ4n) is 2.37. The van der Waals surface area contributed by atoms with Crippen molar-refractivity contribution in [3.8, 4) is 0 Å². The van der Waals surface area contributed by atoms with Gasteiger partial charge >= 0.3 is 5.97 Å². The molecule has 19 heavy (non-hydrogen) atoms. The highest BCUT2D eigenvalue weighted by Gasteiger charge is 2.30. The molecule has 1 saturated carbocycles. The van der Waals surface area contributed by atoms with Crippen LogP contribution in [0.3, 0.4) is 0 Å². The molecule has 0 bridgehead atoms. The zero-order chi connectivity index (χ0) is 14.0. The maximum absolute atomic E-state index is 12.4. The third-order valence-corrected chi connectivity index (χ3v) is 6.51. The van der Waals surface area contributed by atoms with Crippen molar-refractivity contribution >= 4 is 27.3 Å². The van der Waals surface area contributed by atoms with Crippen LogP contribution in [0.4, 0.5) is 0 Å². The van der Waals surface area contributed by atoms with Gasteiger partial charge in [-0.05, 0) is 18.9 Å². The molecule has 1 fully saturated rings. The summed E-state index contributed by atoms with van der Waals surface area (Å²) in [5.41, 5.74) is 0. The van der Waals surface area contributed by atoms with Crippen molar-refractivity contribution < 1.29 is 18.3 Å². The van der Waals surface area contributed by atoms with Crippen LogP contribution >= 0.6 is 11.3 Å². The lowest BCUT2D eigenvalue weighted by Crippen LogP contribution is -2.38. The molecule has 0 atom stereocenters. The molecule has 0 saturated heterocycles. The molecule has 1 aliphatic rings. The Morgan fingerprint density at radius 2 is 2.00 bits per heavy atom. The standard InChI is InChI=1S/C12H17NO4S2/c1-13(9-5-3-2-4-6-9)19(16,17)10-7-11(12(14)15)18-8-10/h7-9H,2-6H2,1H3,(H,14,15). The minimum Gasteiger partial charge on any atom is -0.477 e. The molecular formula is C12H17NO4S2. The van der Waals surface area contributed by atoms with Crippen LogP contribution in [0.5, 0.6) is 0 Å². The fraction of sp³-hybridized carbons (Fsp3) is 0.583. The van der Waals surface area contributed by atoms with Gasteiger partial charge in [0.25, 0.3) is 0 Å². The van der Waals surface area contributed by atoms with Crippen LogP contribution in [0.1, 0.15) is 41.8 Å². The number of hydrogen-bond acceptors (Lipinski definition) is 4. The molecule has 0 amide bonds. The highest BCUT2D eigenvalue weighted by Crippen LogP contribution is 2.28. The van der Waals surface area contributed by atoms with Gasteiger partial charge in [-0.1, -0.05) is 19.3 Å². The van der Waals surface area contributed by atoms with E-state index in [1.54, 1.807) is 7.05 Å². The monoisotopic (exact) mass is 303 g/mol. The van der Waals surface area contributed by atoms with E-state index in [1.165, 1.54) is 15.8 Å². The number of aromatic carboxylic acids is 1. The maximum atomic E-state index is 12.4. The minimum absolute atomic E-state index is 0.0342. The summed E-state index contributed by atoms with van der Waals surface area (Å²) in [5, 5.41) is 10.3. The van der Waals surface area contributed by atoms with Gasteiger partial charge in [0.15, 0.2) is 0 Å². The normalized spacial score (nSPS) is 17.8. The number of rotatable bonds is 4. The number of thiophene rings is 1. The van der Waals surface area contributed by atoms with Crippen LogP contribution in [0, 0.1) is 0 Å². The summed E-state index contributed by atoms with van der Waals surface area (Å²) in [6.45, 7) is 0. The highest BCUT2D eigenvalue weighted by atomic mass is 32.2. The quantitative estimate of drug-likeness (QED) is 0.927. The van der Waals surface area contributed by atoms with E-state index in [-0.39, 0.29) is 15.8 Å². The van der Waals surface area contributed by atoms with Gasteiger partial charge in [0.1, 0.15) is 4.88 Å². The third kappa shape index (κ3) is 2.98. The number of carboxylic acid groups (broad SMARTS) is 1. The van der Waals surface area contributed by atoms with E-state index in [2.05, 4.69) is 0 Å². The average molecular weight is 303 g/mol. The Kier molecular flexibility index (Phi) is 4.27. The van der Waals surface area contributed by atoms with Gasteiger partial charge in [-0.15, -0.1) is 11.3 Å². The molecule has 0 radical (unpaired) electrons. The Hall–Kier alpha value is -0.920. The van der Waals surface area contributed by atoms with Crippen molar-refractivity contribution in [3.63, 3.8) is 0 Å². The van der Waals surface area contributed by atoms with Crippen molar-refractivity contribution in [2.75, 3.05) is 7.05 Å². The molecule has 0 aliphatic heterocycles. The molecule has 7 heteroatoms. The largest absolute Gasteiger partial charge is 0.477 e. The Balaban J connectivity index is 2.22. The second kappa shape index (κ2) is 5.60. The minimum atomic E-state index is -3.57. The average Bonchev–Trinajstić information content (AvgIpc) is 2.89. The molecule has 1 aromatic heterocycles. The summed E-state index contributed by atoms with van der Waals surface area (Å²) in [7, 11) is -1.98. The summed E-state index contributed by atoms with van der Waals surface area (Å²) >= 11 is 0.943. The van der Waals surface area contributed by atoms with Crippen LogP contribution in [0.25, 0.3) is 0 Å². The Morgan fingerprint density at radius 1 is 1.37 bits per heavy atom. The van der Waals surface area contributed by atoms with Gasteiger partial charge in [0, 0.05) is 18.5 Å². The van der Waals surface area contributed by atoms with Gasteiger partial charge in [-0.25, -0.2) is 13.2 Å². The summed E-state index contributed by atoms with van der Waals surface area (Å²) < 4.78 is 26.2. The molecule has 1 heterocycles. The topological polar surface area (TPSA) is 74.7 Å². The molecule has 0 spiro atoms. The van der Waals surface area contributed by atoms with Crippen molar-refractivity contribution in [2.24, 2.45) is 0 Å². The summed E-state index contributed by atoms with van der Waals surface area (Å²) in [5.74, 6) is -1.09. The van der Waals surface area contributed by atoms with E-state index in [4.69, 9.17) is 5.11 Å². The SMILES string of the molecule is CN(C1CCCCC1)S(=O)(=O)c1csc(C(=O)O)c1. The first kappa shape index (κ1) is 14.5. The Labute approximate surface area is 116 Å². The van der Waals surface area contributed by atoms with Crippen molar-refractivity contribution in [3.05, 3.63) is 16.3 Å². The molecule has 0 aromatic carbocycles. The lowest BCUT2D eigenvalue weighted by atomic mass is 9.96. The number of carboxylic acids is 1. The zero-order valence-electron chi connectivity index (χ0n) is 10.7. The van der Waals surface area contributed by atoms with Gasteiger partial charge in [-0.3, -0.25) is 0 Å². The molecule has 1 N–H and O–H groups in total. The van der Waals surface area contributed by atoms with E-state index >= 15 is 0 Å². The third-order valence-electron chi connectivity index (χ3n) is 3.55. The Bertz CT molecular complexity index is 558. The highest BCUT2D eigenvalue weighted by molar-refractivity contribution is 7.89. The van der Waals surface area contributed by atoms with Gasteiger partial charge in [0.2, 0.25) is 10.0 Å². The van der Waals surface area contributed by atoms with Crippen LogP contribution in [0.2, 0.25) is 0 Å². The number of sulfonamides is 1. The first-order valence-corrected chi connectivity index (χ1v) is 8.55. The molecule has 1 aliphatic carbocycles. The van der Waals surface area contributed by atoms with E-state index in [9.17, 15) is 13.2 Å². The first-order chi connectivity index (χ1) is 8.93. The summed E-state index contributed by atoms with van der Waals surface area (Å²) in [6, 6.07) is 1.27. The van der Waals surface area contributed by atoms with E-state index in [0.717, 1.165) is 43.4 Å². The summed E-state index contributed by atoms with van der Waals surface area (Å²) in [6.07, 6.45) is 5.02. The van der Waals surface area contributed by atoms with E-state index in [0.29, 0.717) is 0 Å². The van der Waals surface area contributed by atoms with Crippen LogP contribution in [-0.2, 0) is 10.0 Å². The van der Waals surface area contributed by atoms with Crippen molar-refractivity contribution in [1.82, 2.24) is 4.31 Å². The number of nitrogens with zero attached hydrogens (tertiary/aromatic N) is 1. The van der Waals surface area contributed by atoms with E-state index < -0.39 is 16.0 Å². The predicted molar refractivity (Wildman–Crippen MR) is 73.1 cm³/mol. The molecule has 2 rings (SSSR count). The lowest BCUT2D eigenvalue weighted by molar-refractivity contribution is 0.0702. The Morgan fingerprint density at radius 3 is 2.53 bits per heavy atom. The second-order valence-electron chi connectivity index (χ2n) is 4.76. The molecular weight excluding hydrogens is 286 g/mol. The van der Waals surface area contributed by atoms with Crippen molar-refractivity contribution in [2.45, 2.75) is 43.0 Å². The molecule has 1 aromatic rings. The molecule has 0 unspecified atom stereocenters. The zero-order valence-corrected chi connectivity index (χ0v) is 12.3. The smallest absolute Gasteiger partial charge is 0.345 e. The first-order valence-electron chi connectivity index (χ1n) is 6.23. The fourth-order valence-corrected chi connectivity index (χ4v) is 4.89. The lowest BCUT2D eigenvalue weighted by Gasteiger charge is -2.30. The number of hydrogen-bond donors (Lipinski definition) is 1. The summed E-state index contributed by atoms with van der Waals surface area (Å²) in [4.78, 5) is 11.0. The van der Waals surface area contributed by atoms with Crippen LogP contribution in [0.15, 0.2) is 16.3 Å². The second-order valence-corrected chi connectivity index (χ2v) is 7.67. The van der Waals surface area contributed by atoms with Gasteiger partial charge < -0.3 is 5.11 Å². The van der Waals surface area contributed by atoms with E-state index in [1.807, 2.05) is 0 Å².